The van der Waals surface area contributed by atoms with Gasteiger partial charge in [0, 0.05) is 12.8 Å². The second-order valence-corrected chi connectivity index (χ2v) is 3.81. The SMILES string of the molecule is CN/C(Cl)=C1/SCCCC1=N. The minimum absolute atomic E-state index is 0.611. The van der Waals surface area contributed by atoms with Crippen LogP contribution in [0.4, 0.5) is 0 Å². The number of halogens is 1. The van der Waals surface area contributed by atoms with Gasteiger partial charge in [-0.15, -0.1) is 11.8 Å². The van der Waals surface area contributed by atoms with Crippen molar-refractivity contribution in [3.63, 3.8) is 0 Å². The zero-order chi connectivity index (χ0) is 8.27. The predicted molar refractivity (Wildman–Crippen MR) is 51.4 cm³/mol. The highest BCUT2D eigenvalue weighted by Crippen LogP contribution is 2.29. The van der Waals surface area contributed by atoms with Crippen molar-refractivity contribution in [1.82, 2.24) is 5.32 Å². The lowest BCUT2D eigenvalue weighted by molar-refractivity contribution is 0.984. The first kappa shape index (κ1) is 8.94. The zero-order valence-electron chi connectivity index (χ0n) is 6.41. The van der Waals surface area contributed by atoms with Gasteiger partial charge in [0.15, 0.2) is 0 Å². The molecule has 2 N–H and O–H groups in total. The summed E-state index contributed by atoms with van der Waals surface area (Å²) >= 11 is 7.51. The maximum absolute atomic E-state index is 7.58. The van der Waals surface area contributed by atoms with Crippen LogP contribution in [0.2, 0.25) is 0 Å². The lowest BCUT2D eigenvalue weighted by Crippen LogP contribution is -2.12. The van der Waals surface area contributed by atoms with Crippen LogP contribution in [0.5, 0.6) is 0 Å². The van der Waals surface area contributed by atoms with Gasteiger partial charge in [0.05, 0.1) is 4.91 Å². The summed E-state index contributed by atoms with van der Waals surface area (Å²) in [6, 6.07) is 0. The molecule has 4 heteroatoms. The fourth-order valence-corrected chi connectivity index (χ4v) is 2.21. The monoisotopic (exact) mass is 190 g/mol. The molecule has 0 saturated carbocycles. The Morgan fingerprint density at radius 3 is 3.00 bits per heavy atom. The summed E-state index contributed by atoms with van der Waals surface area (Å²) in [4.78, 5) is 0.917. The van der Waals surface area contributed by atoms with Crippen molar-refractivity contribution in [2.45, 2.75) is 12.8 Å². The highest BCUT2D eigenvalue weighted by atomic mass is 35.5. The van der Waals surface area contributed by atoms with Crippen molar-refractivity contribution in [1.29, 1.82) is 5.41 Å². The molecule has 1 rings (SSSR count). The first-order valence-corrected chi connectivity index (χ1v) is 4.90. The molecule has 2 nitrogen and oxygen atoms in total. The van der Waals surface area contributed by atoms with Crippen molar-refractivity contribution in [3.05, 3.63) is 10.1 Å². The fraction of sp³-hybridized carbons (Fsp3) is 0.571. The topological polar surface area (TPSA) is 35.9 Å². The standard InChI is InChI=1S/C7H11ClN2S/c1-10-7(8)6-5(9)3-2-4-11-6/h9-10H,2-4H2,1H3/b7-6+,9-5?. The Kier molecular flexibility index (Phi) is 3.27. The normalized spacial score (nSPS) is 23.3. The number of hydrogen-bond donors (Lipinski definition) is 2. The van der Waals surface area contributed by atoms with Crippen LogP contribution >= 0.6 is 23.4 Å². The number of rotatable bonds is 1. The van der Waals surface area contributed by atoms with Crippen LogP contribution in [0.3, 0.4) is 0 Å². The molecule has 1 aliphatic rings. The second-order valence-electron chi connectivity index (χ2n) is 2.32. The molecule has 62 valence electrons. The van der Waals surface area contributed by atoms with E-state index in [-0.39, 0.29) is 0 Å². The average Bonchev–Trinajstić information content (AvgIpc) is 2.04. The molecule has 0 aromatic rings. The summed E-state index contributed by atoms with van der Waals surface area (Å²) in [6.45, 7) is 0. The second kappa shape index (κ2) is 4.02. The lowest BCUT2D eigenvalue weighted by Gasteiger charge is -2.15. The maximum Gasteiger partial charge on any atom is 0.117 e. The van der Waals surface area contributed by atoms with Crippen molar-refractivity contribution in [3.8, 4) is 0 Å². The van der Waals surface area contributed by atoms with Gasteiger partial charge in [-0.1, -0.05) is 11.6 Å². The van der Waals surface area contributed by atoms with Crippen LogP contribution in [0.15, 0.2) is 10.1 Å². The number of nitrogens with one attached hydrogen (secondary N) is 2. The Labute approximate surface area is 75.9 Å². The molecule has 0 amide bonds. The van der Waals surface area contributed by atoms with Crippen molar-refractivity contribution < 1.29 is 0 Å². The third kappa shape index (κ3) is 2.14. The van der Waals surface area contributed by atoms with E-state index >= 15 is 0 Å². The van der Waals surface area contributed by atoms with Crippen molar-refractivity contribution >= 4 is 29.1 Å². The zero-order valence-corrected chi connectivity index (χ0v) is 7.98. The van der Waals surface area contributed by atoms with E-state index < -0.39 is 0 Å². The van der Waals surface area contributed by atoms with Crippen molar-refractivity contribution in [2.75, 3.05) is 12.8 Å². The molecular formula is C7H11ClN2S. The molecule has 1 aliphatic heterocycles. The van der Waals surface area contributed by atoms with Gasteiger partial charge in [-0.05, 0) is 18.6 Å². The van der Waals surface area contributed by atoms with E-state index in [1.807, 2.05) is 0 Å². The van der Waals surface area contributed by atoms with Gasteiger partial charge in [0.25, 0.3) is 0 Å². The Morgan fingerprint density at radius 2 is 2.45 bits per heavy atom. The molecule has 0 radical (unpaired) electrons. The van der Waals surface area contributed by atoms with Gasteiger partial charge >= 0.3 is 0 Å². The Balaban J connectivity index is 2.75. The van der Waals surface area contributed by atoms with Crippen LogP contribution in [0, 0.1) is 5.41 Å². The molecule has 0 unspecified atom stereocenters. The summed E-state index contributed by atoms with van der Waals surface area (Å²) in [6.07, 6.45) is 1.96. The lowest BCUT2D eigenvalue weighted by atomic mass is 10.2. The number of thioether (sulfide) groups is 1. The molecule has 0 aromatic heterocycles. The molecule has 1 heterocycles. The largest absolute Gasteiger partial charge is 0.378 e. The predicted octanol–water partition coefficient (Wildman–Crippen LogP) is 2.16. The van der Waals surface area contributed by atoms with E-state index in [4.69, 9.17) is 17.0 Å². The smallest absolute Gasteiger partial charge is 0.117 e. The van der Waals surface area contributed by atoms with Crippen LogP contribution in [0.1, 0.15) is 12.8 Å². The molecule has 0 bridgehead atoms. The Hall–Kier alpha value is -0.150. The highest BCUT2D eigenvalue weighted by Gasteiger charge is 2.15. The quantitative estimate of drug-likeness (QED) is 0.622. The molecule has 0 aliphatic carbocycles. The molecule has 1 fully saturated rings. The number of hydrogen-bond acceptors (Lipinski definition) is 3. The van der Waals surface area contributed by atoms with Crippen LogP contribution < -0.4 is 5.32 Å². The molecule has 0 atom stereocenters. The van der Waals surface area contributed by atoms with Crippen LogP contribution in [-0.2, 0) is 0 Å². The molecular weight excluding hydrogens is 180 g/mol. The van der Waals surface area contributed by atoms with E-state index in [0.717, 1.165) is 23.5 Å². The summed E-state index contributed by atoms with van der Waals surface area (Å²) in [5.74, 6) is 1.08. The molecule has 0 spiro atoms. The third-order valence-corrected chi connectivity index (χ3v) is 3.23. The van der Waals surface area contributed by atoms with Gasteiger partial charge in [-0.3, -0.25) is 0 Å². The van der Waals surface area contributed by atoms with Gasteiger partial charge < -0.3 is 10.7 Å². The van der Waals surface area contributed by atoms with E-state index in [1.165, 1.54) is 0 Å². The third-order valence-electron chi connectivity index (χ3n) is 1.51. The number of allylic oxidation sites excluding steroid dienone is 1. The minimum Gasteiger partial charge on any atom is -0.378 e. The van der Waals surface area contributed by atoms with Gasteiger partial charge in [0.2, 0.25) is 0 Å². The summed E-state index contributed by atoms with van der Waals surface area (Å²) in [5, 5.41) is 11.0. The Morgan fingerprint density at radius 1 is 1.73 bits per heavy atom. The van der Waals surface area contributed by atoms with Gasteiger partial charge in [0.1, 0.15) is 5.16 Å². The average molecular weight is 191 g/mol. The molecule has 11 heavy (non-hydrogen) atoms. The minimum atomic E-state index is 0.611. The van der Waals surface area contributed by atoms with E-state index in [1.54, 1.807) is 18.8 Å². The maximum atomic E-state index is 7.58. The van der Waals surface area contributed by atoms with E-state index in [0.29, 0.717) is 10.9 Å². The Bertz CT molecular complexity index is 201. The van der Waals surface area contributed by atoms with Crippen molar-refractivity contribution in [2.24, 2.45) is 0 Å². The van der Waals surface area contributed by atoms with Gasteiger partial charge in [-0.2, -0.15) is 0 Å². The first-order chi connectivity index (χ1) is 5.25. The highest BCUT2D eigenvalue weighted by molar-refractivity contribution is 8.04. The summed E-state index contributed by atoms with van der Waals surface area (Å²) in [7, 11) is 1.78. The summed E-state index contributed by atoms with van der Waals surface area (Å²) < 4.78 is 0. The van der Waals surface area contributed by atoms with Gasteiger partial charge in [-0.25, -0.2) is 0 Å². The molecule has 0 aromatic carbocycles. The summed E-state index contributed by atoms with van der Waals surface area (Å²) in [5.41, 5.74) is 0.667. The molecule has 1 saturated heterocycles. The fourth-order valence-electron chi connectivity index (χ4n) is 0.933. The first-order valence-electron chi connectivity index (χ1n) is 3.54. The van der Waals surface area contributed by atoms with E-state index in [2.05, 4.69) is 5.32 Å². The van der Waals surface area contributed by atoms with Crippen LogP contribution in [0.25, 0.3) is 0 Å². The van der Waals surface area contributed by atoms with E-state index in [9.17, 15) is 0 Å². The van der Waals surface area contributed by atoms with Crippen LogP contribution in [-0.4, -0.2) is 18.5 Å².